The zero-order valence-corrected chi connectivity index (χ0v) is 13.3. The highest BCUT2D eigenvalue weighted by Crippen LogP contribution is 2.21. The molecule has 0 bridgehead atoms. The predicted octanol–water partition coefficient (Wildman–Crippen LogP) is 4.27. The molecule has 2 aromatic carbocycles. The van der Waals surface area contributed by atoms with Crippen molar-refractivity contribution in [3.05, 3.63) is 64.1 Å². The van der Waals surface area contributed by atoms with Crippen LogP contribution in [0.15, 0.2) is 53.0 Å². The Morgan fingerprint density at radius 2 is 1.90 bits per heavy atom. The normalized spacial score (nSPS) is 12.2. The van der Waals surface area contributed by atoms with Gasteiger partial charge in [0.1, 0.15) is 5.75 Å². The lowest BCUT2D eigenvalue weighted by Gasteiger charge is -2.16. The van der Waals surface area contributed by atoms with Gasteiger partial charge in [0.25, 0.3) is 0 Å². The largest absolute Gasteiger partial charge is 0.494 e. The van der Waals surface area contributed by atoms with Crippen LogP contribution in [0.4, 0.5) is 0 Å². The molecule has 0 heterocycles. The zero-order chi connectivity index (χ0) is 14.4. The van der Waals surface area contributed by atoms with E-state index >= 15 is 0 Å². The molecule has 0 spiro atoms. The maximum Gasteiger partial charge on any atom is 0.120 e. The minimum atomic E-state index is 0.350. The summed E-state index contributed by atoms with van der Waals surface area (Å²) in [6, 6.07) is 16.5. The maximum absolute atomic E-state index is 5.88. The SMILES string of the molecule is Cc1ccc(C(CN)CCOc2cccc(Br)c2)cc1. The van der Waals surface area contributed by atoms with E-state index in [0.717, 1.165) is 16.6 Å². The highest BCUT2D eigenvalue weighted by atomic mass is 79.9. The summed E-state index contributed by atoms with van der Waals surface area (Å²) in [7, 11) is 0. The third kappa shape index (κ3) is 4.36. The van der Waals surface area contributed by atoms with Crippen molar-refractivity contribution in [3.63, 3.8) is 0 Å². The van der Waals surface area contributed by atoms with Crippen molar-refractivity contribution in [2.75, 3.05) is 13.2 Å². The lowest BCUT2D eigenvalue weighted by molar-refractivity contribution is 0.298. The molecule has 0 aliphatic heterocycles. The Kier molecular flexibility index (Phi) is 5.62. The van der Waals surface area contributed by atoms with Crippen molar-refractivity contribution in [1.82, 2.24) is 0 Å². The molecule has 2 nitrogen and oxygen atoms in total. The molecule has 1 atom stereocenters. The van der Waals surface area contributed by atoms with Crippen LogP contribution >= 0.6 is 15.9 Å². The molecule has 106 valence electrons. The van der Waals surface area contributed by atoms with E-state index in [1.165, 1.54) is 11.1 Å². The van der Waals surface area contributed by atoms with Crippen LogP contribution in [0, 0.1) is 6.92 Å². The van der Waals surface area contributed by atoms with Gasteiger partial charge < -0.3 is 10.5 Å². The van der Waals surface area contributed by atoms with Crippen LogP contribution in [0.1, 0.15) is 23.5 Å². The third-order valence-electron chi connectivity index (χ3n) is 3.36. The molecule has 0 saturated carbocycles. The Balaban J connectivity index is 1.89. The highest BCUT2D eigenvalue weighted by Gasteiger charge is 2.09. The molecular formula is C17H20BrNO. The predicted molar refractivity (Wildman–Crippen MR) is 87.2 cm³/mol. The molecule has 0 aliphatic rings. The maximum atomic E-state index is 5.88. The van der Waals surface area contributed by atoms with Gasteiger partial charge in [-0.05, 0) is 49.6 Å². The van der Waals surface area contributed by atoms with Crippen LogP contribution < -0.4 is 10.5 Å². The summed E-state index contributed by atoms with van der Waals surface area (Å²) in [5.41, 5.74) is 8.44. The number of rotatable bonds is 6. The van der Waals surface area contributed by atoms with E-state index in [1.807, 2.05) is 24.3 Å². The molecule has 0 fully saturated rings. The first kappa shape index (κ1) is 15.1. The van der Waals surface area contributed by atoms with Crippen LogP contribution in [0.3, 0.4) is 0 Å². The second kappa shape index (κ2) is 7.46. The van der Waals surface area contributed by atoms with Gasteiger partial charge in [-0.15, -0.1) is 0 Å². The zero-order valence-electron chi connectivity index (χ0n) is 11.7. The fourth-order valence-corrected chi connectivity index (χ4v) is 2.51. The molecule has 2 aromatic rings. The number of halogens is 1. The Morgan fingerprint density at radius 1 is 1.15 bits per heavy atom. The number of hydrogen-bond donors (Lipinski definition) is 1. The number of aryl methyl sites for hydroxylation is 1. The Labute approximate surface area is 129 Å². The number of nitrogens with two attached hydrogens (primary N) is 1. The van der Waals surface area contributed by atoms with Crippen LogP contribution in [0.25, 0.3) is 0 Å². The van der Waals surface area contributed by atoms with Crippen molar-refractivity contribution < 1.29 is 4.74 Å². The monoisotopic (exact) mass is 333 g/mol. The average molecular weight is 334 g/mol. The fourth-order valence-electron chi connectivity index (χ4n) is 2.14. The first-order valence-electron chi connectivity index (χ1n) is 6.84. The molecule has 20 heavy (non-hydrogen) atoms. The first-order chi connectivity index (χ1) is 9.69. The van der Waals surface area contributed by atoms with Crippen LogP contribution in [0.2, 0.25) is 0 Å². The molecule has 3 heteroatoms. The van der Waals surface area contributed by atoms with Gasteiger partial charge >= 0.3 is 0 Å². The molecule has 1 unspecified atom stereocenters. The highest BCUT2D eigenvalue weighted by molar-refractivity contribution is 9.10. The van der Waals surface area contributed by atoms with Crippen molar-refractivity contribution in [3.8, 4) is 5.75 Å². The van der Waals surface area contributed by atoms with Crippen LogP contribution in [-0.2, 0) is 0 Å². The summed E-state index contributed by atoms with van der Waals surface area (Å²) in [6.07, 6.45) is 0.923. The van der Waals surface area contributed by atoms with E-state index in [-0.39, 0.29) is 0 Å². The smallest absolute Gasteiger partial charge is 0.120 e. The molecular weight excluding hydrogens is 314 g/mol. The molecule has 2 rings (SSSR count). The average Bonchev–Trinajstić information content (AvgIpc) is 2.45. The van der Waals surface area contributed by atoms with Gasteiger partial charge in [0, 0.05) is 4.47 Å². The molecule has 2 N–H and O–H groups in total. The van der Waals surface area contributed by atoms with Gasteiger partial charge in [-0.3, -0.25) is 0 Å². The second-order valence-electron chi connectivity index (χ2n) is 4.94. The Bertz CT molecular complexity index is 539. The standard InChI is InChI=1S/C17H20BrNO/c1-13-5-7-14(8-6-13)15(12-19)9-10-20-17-4-2-3-16(18)11-17/h2-8,11,15H,9-10,12,19H2,1H3. The van der Waals surface area contributed by atoms with E-state index in [1.54, 1.807) is 0 Å². The van der Waals surface area contributed by atoms with Crippen LogP contribution in [0.5, 0.6) is 5.75 Å². The molecule has 0 aromatic heterocycles. The molecule has 0 amide bonds. The van der Waals surface area contributed by atoms with Crippen molar-refractivity contribution >= 4 is 15.9 Å². The summed E-state index contributed by atoms with van der Waals surface area (Å²) in [6.45, 7) is 3.41. The summed E-state index contributed by atoms with van der Waals surface area (Å²) in [4.78, 5) is 0. The van der Waals surface area contributed by atoms with Gasteiger partial charge in [-0.25, -0.2) is 0 Å². The minimum Gasteiger partial charge on any atom is -0.494 e. The summed E-state index contributed by atoms with van der Waals surface area (Å²) in [5, 5.41) is 0. The van der Waals surface area contributed by atoms with E-state index in [2.05, 4.69) is 47.1 Å². The molecule has 0 saturated heterocycles. The first-order valence-corrected chi connectivity index (χ1v) is 7.63. The van der Waals surface area contributed by atoms with E-state index in [4.69, 9.17) is 10.5 Å². The van der Waals surface area contributed by atoms with Gasteiger partial charge in [-0.1, -0.05) is 51.8 Å². The summed E-state index contributed by atoms with van der Waals surface area (Å²) in [5.74, 6) is 1.24. The van der Waals surface area contributed by atoms with Gasteiger partial charge in [-0.2, -0.15) is 0 Å². The molecule has 0 radical (unpaired) electrons. The van der Waals surface area contributed by atoms with E-state index in [9.17, 15) is 0 Å². The van der Waals surface area contributed by atoms with Gasteiger partial charge in [0.2, 0.25) is 0 Å². The Morgan fingerprint density at radius 3 is 2.55 bits per heavy atom. The van der Waals surface area contributed by atoms with E-state index in [0.29, 0.717) is 19.1 Å². The Hall–Kier alpha value is -1.32. The topological polar surface area (TPSA) is 35.2 Å². The minimum absolute atomic E-state index is 0.350. The second-order valence-corrected chi connectivity index (χ2v) is 5.85. The van der Waals surface area contributed by atoms with Crippen molar-refractivity contribution in [1.29, 1.82) is 0 Å². The number of ether oxygens (including phenoxy) is 1. The lowest BCUT2D eigenvalue weighted by Crippen LogP contribution is -2.15. The molecule has 0 aliphatic carbocycles. The number of hydrogen-bond acceptors (Lipinski definition) is 2. The quantitative estimate of drug-likeness (QED) is 0.856. The van der Waals surface area contributed by atoms with Crippen molar-refractivity contribution in [2.45, 2.75) is 19.3 Å². The summed E-state index contributed by atoms with van der Waals surface area (Å²) >= 11 is 3.44. The third-order valence-corrected chi connectivity index (χ3v) is 3.86. The van der Waals surface area contributed by atoms with Crippen molar-refractivity contribution in [2.24, 2.45) is 5.73 Å². The number of benzene rings is 2. The van der Waals surface area contributed by atoms with E-state index < -0.39 is 0 Å². The lowest BCUT2D eigenvalue weighted by atomic mass is 9.95. The fraction of sp³-hybridized carbons (Fsp3) is 0.294. The van der Waals surface area contributed by atoms with Gasteiger partial charge in [0.15, 0.2) is 0 Å². The van der Waals surface area contributed by atoms with Gasteiger partial charge in [0.05, 0.1) is 6.61 Å². The van der Waals surface area contributed by atoms with Crippen LogP contribution in [-0.4, -0.2) is 13.2 Å². The summed E-state index contributed by atoms with van der Waals surface area (Å²) < 4.78 is 6.81.